The molecule has 3 rings (SSSR count). The summed E-state index contributed by atoms with van der Waals surface area (Å²) < 4.78 is 15.3. The molecule has 0 unspecified atom stereocenters. The van der Waals surface area contributed by atoms with Crippen LogP contribution in [-0.2, 0) is 0 Å². The Morgan fingerprint density at radius 3 is 1.50 bits per heavy atom. The van der Waals surface area contributed by atoms with Crippen molar-refractivity contribution in [1.29, 1.82) is 0 Å². The van der Waals surface area contributed by atoms with Crippen molar-refractivity contribution >= 4 is 63.7 Å². The summed E-state index contributed by atoms with van der Waals surface area (Å²) in [6.45, 7) is 0.641. The van der Waals surface area contributed by atoms with Crippen molar-refractivity contribution in [2.75, 3.05) is 13.2 Å². The van der Waals surface area contributed by atoms with Crippen LogP contribution in [0.3, 0.4) is 0 Å². The van der Waals surface area contributed by atoms with Gasteiger partial charge in [-0.15, -0.1) is 0 Å². The van der Waals surface area contributed by atoms with Crippen molar-refractivity contribution in [2.24, 2.45) is 0 Å². The van der Waals surface area contributed by atoms with E-state index in [1.54, 1.807) is 0 Å². The first-order valence-electron chi connectivity index (χ1n) is 6.26. The summed E-state index contributed by atoms with van der Waals surface area (Å²) in [5.74, 6) is 7.38. The second kappa shape index (κ2) is 6.96. The zero-order valence-electron chi connectivity index (χ0n) is 11.1. The van der Waals surface area contributed by atoms with Crippen LogP contribution in [0.2, 0.25) is 0 Å². The smallest absolute Gasteiger partial charge is 0.149 e. The van der Waals surface area contributed by atoms with Gasteiger partial charge in [-0.25, -0.2) is 0 Å². The highest BCUT2D eigenvalue weighted by Gasteiger charge is 2.19. The molecule has 1 aliphatic heterocycles. The lowest BCUT2D eigenvalue weighted by molar-refractivity contribution is 0.356. The van der Waals surface area contributed by atoms with E-state index in [9.17, 15) is 0 Å². The van der Waals surface area contributed by atoms with E-state index in [-0.39, 0.29) is 0 Å². The summed E-state index contributed by atoms with van der Waals surface area (Å²) >= 11 is 14.2. The van der Waals surface area contributed by atoms with Crippen LogP contribution >= 0.6 is 63.7 Å². The Balaban J connectivity index is 2.33. The molecule has 0 bridgehead atoms. The third kappa shape index (κ3) is 3.38. The summed E-state index contributed by atoms with van der Waals surface area (Å²) in [6.07, 6.45) is 0. The number of benzene rings is 2. The fourth-order valence-electron chi connectivity index (χ4n) is 2.13. The van der Waals surface area contributed by atoms with Gasteiger partial charge in [0.05, 0.1) is 8.95 Å². The predicted octanol–water partition coefficient (Wildman–Crippen LogP) is 6.18. The first-order chi connectivity index (χ1) is 10.6. The van der Waals surface area contributed by atoms with Crippen LogP contribution in [-0.4, -0.2) is 13.2 Å². The fraction of sp³-hybridized carbons (Fsp3) is 0.125. The van der Waals surface area contributed by atoms with E-state index in [1.165, 1.54) is 0 Å². The van der Waals surface area contributed by atoms with Crippen LogP contribution < -0.4 is 9.47 Å². The van der Waals surface area contributed by atoms with Gasteiger partial charge in [0, 0.05) is 20.1 Å². The third-order valence-electron chi connectivity index (χ3n) is 3.01. The maximum absolute atomic E-state index is 5.86. The number of hydrogen-bond donors (Lipinski definition) is 0. The van der Waals surface area contributed by atoms with Crippen LogP contribution in [0.5, 0.6) is 11.5 Å². The molecule has 0 spiro atoms. The second-order valence-corrected chi connectivity index (χ2v) is 8.00. The van der Waals surface area contributed by atoms with Crippen molar-refractivity contribution in [1.82, 2.24) is 0 Å². The minimum Gasteiger partial charge on any atom is -0.479 e. The third-order valence-corrected chi connectivity index (χ3v) is 5.10. The average molecular weight is 552 g/mol. The van der Waals surface area contributed by atoms with Crippen LogP contribution in [0.1, 0.15) is 0 Å². The molecule has 6 heteroatoms. The Kier molecular flexibility index (Phi) is 5.18. The Morgan fingerprint density at radius 1 is 0.682 bits per heavy atom. The molecule has 22 heavy (non-hydrogen) atoms. The van der Waals surface area contributed by atoms with Gasteiger partial charge in [0.1, 0.15) is 24.7 Å². The van der Waals surface area contributed by atoms with Crippen molar-refractivity contribution in [3.63, 3.8) is 0 Å². The first kappa shape index (κ1) is 16.4. The normalized spacial score (nSPS) is 12.9. The number of rotatable bonds is 0. The standard InChI is InChI=1S/C16H8Br4O2/c17-9-5-11-12-6-10(18)8-14(20)16(12)22-4-2-1-3-21-15(11)13(19)7-9/h5-8H,3-4H2. The summed E-state index contributed by atoms with van der Waals surface area (Å²) in [5.41, 5.74) is 1.86. The van der Waals surface area contributed by atoms with Gasteiger partial charge in [-0.2, -0.15) is 0 Å². The molecule has 0 saturated heterocycles. The minimum atomic E-state index is 0.321. The molecule has 1 heterocycles. The zero-order valence-corrected chi connectivity index (χ0v) is 17.4. The van der Waals surface area contributed by atoms with E-state index in [1.807, 2.05) is 24.3 Å². The Bertz CT molecular complexity index is 741. The molecule has 2 aromatic rings. The monoisotopic (exact) mass is 548 g/mol. The quantitative estimate of drug-likeness (QED) is 0.364. The molecule has 0 atom stereocenters. The van der Waals surface area contributed by atoms with E-state index in [0.717, 1.165) is 40.5 Å². The molecule has 0 aromatic heterocycles. The van der Waals surface area contributed by atoms with Gasteiger partial charge in [0.2, 0.25) is 0 Å². The fourth-order valence-corrected chi connectivity index (χ4v) is 4.81. The van der Waals surface area contributed by atoms with Gasteiger partial charge in [0.25, 0.3) is 0 Å². The average Bonchev–Trinajstić information content (AvgIpc) is 2.45. The van der Waals surface area contributed by atoms with E-state index < -0.39 is 0 Å². The van der Waals surface area contributed by atoms with E-state index >= 15 is 0 Å². The summed E-state index contributed by atoms with van der Waals surface area (Å²) in [7, 11) is 0. The zero-order chi connectivity index (χ0) is 15.7. The molecule has 0 aliphatic carbocycles. The lowest BCUT2D eigenvalue weighted by Gasteiger charge is -2.18. The molecule has 0 saturated carbocycles. The van der Waals surface area contributed by atoms with Gasteiger partial charge in [-0.05, 0) is 56.1 Å². The summed E-state index contributed by atoms with van der Waals surface area (Å²) in [6, 6.07) is 7.92. The molecule has 0 fully saturated rings. The SMILES string of the molecule is Brc1cc(Br)c2c(c1)-c1cc(Br)cc(Br)c1OCC#CCO2. The Hall–Kier alpha value is -0.480. The van der Waals surface area contributed by atoms with Gasteiger partial charge in [-0.3, -0.25) is 0 Å². The highest BCUT2D eigenvalue weighted by molar-refractivity contribution is 9.11. The lowest BCUT2D eigenvalue weighted by Crippen LogP contribution is -2.03. The maximum Gasteiger partial charge on any atom is 0.149 e. The maximum atomic E-state index is 5.86. The molecule has 2 aromatic carbocycles. The number of halogens is 4. The topological polar surface area (TPSA) is 18.5 Å². The van der Waals surface area contributed by atoms with Crippen LogP contribution in [0, 0.1) is 11.8 Å². The molecule has 0 N–H and O–H groups in total. The van der Waals surface area contributed by atoms with Crippen LogP contribution in [0.4, 0.5) is 0 Å². The summed E-state index contributed by atoms with van der Waals surface area (Å²) in [5, 5.41) is 0. The largest absolute Gasteiger partial charge is 0.479 e. The lowest BCUT2D eigenvalue weighted by atomic mass is 10.0. The van der Waals surface area contributed by atoms with E-state index in [0.29, 0.717) is 13.2 Å². The number of hydrogen-bond acceptors (Lipinski definition) is 2. The van der Waals surface area contributed by atoms with Gasteiger partial charge in [0.15, 0.2) is 0 Å². The number of ether oxygens (including phenoxy) is 2. The van der Waals surface area contributed by atoms with Crippen molar-refractivity contribution in [3.8, 4) is 34.5 Å². The molecule has 2 nitrogen and oxygen atoms in total. The summed E-state index contributed by atoms with van der Waals surface area (Å²) in [4.78, 5) is 0. The van der Waals surface area contributed by atoms with Crippen molar-refractivity contribution in [2.45, 2.75) is 0 Å². The minimum absolute atomic E-state index is 0.321. The molecule has 112 valence electrons. The van der Waals surface area contributed by atoms with Crippen molar-refractivity contribution < 1.29 is 9.47 Å². The molecule has 1 aliphatic rings. The Labute approximate surface area is 162 Å². The molecule has 0 amide bonds. The molecule has 0 radical (unpaired) electrons. The van der Waals surface area contributed by atoms with Gasteiger partial charge < -0.3 is 9.47 Å². The second-order valence-electron chi connectivity index (χ2n) is 4.46. The first-order valence-corrected chi connectivity index (χ1v) is 9.43. The van der Waals surface area contributed by atoms with Crippen LogP contribution in [0.25, 0.3) is 11.1 Å². The van der Waals surface area contributed by atoms with Crippen molar-refractivity contribution in [3.05, 3.63) is 42.2 Å². The highest BCUT2D eigenvalue weighted by Crippen LogP contribution is 2.46. The van der Waals surface area contributed by atoms with Gasteiger partial charge >= 0.3 is 0 Å². The number of fused-ring (bicyclic) bond motifs is 3. The Morgan fingerprint density at radius 2 is 1.09 bits per heavy atom. The van der Waals surface area contributed by atoms with Gasteiger partial charge in [-0.1, -0.05) is 43.7 Å². The van der Waals surface area contributed by atoms with E-state index in [4.69, 9.17) is 9.47 Å². The van der Waals surface area contributed by atoms with Crippen LogP contribution in [0.15, 0.2) is 42.2 Å². The molecular formula is C16H8Br4O2. The predicted molar refractivity (Wildman–Crippen MR) is 101 cm³/mol. The highest BCUT2D eigenvalue weighted by atomic mass is 79.9. The molecular weight excluding hydrogens is 544 g/mol. The van der Waals surface area contributed by atoms with E-state index in [2.05, 4.69) is 75.6 Å².